The number of hydrogen-bond donors (Lipinski definition) is 1. The van der Waals surface area contributed by atoms with Crippen molar-refractivity contribution >= 4 is 17.8 Å². The summed E-state index contributed by atoms with van der Waals surface area (Å²) in [7, 11) is 0. The monoisotopic (exact) mass is 347 g/mol. The molecule has 0 radical (unpaired) electrons. The fourth-order valence-electron chi connectivity index (χ4n) is 3.19. The lowest BCUT2D eigenvalue weighted by atomic mass is 10.2. The molecule has 0 atom stereocenters. The van der Waals surface area contributed by atoms with Crippen molar-refractivity contribution in [3.05, 3.63) is 18.5 Å². The van der Waals surface area contributed by atoms with Gasteiger partial charge in [0.2, 0.25) is 5.95 Å². The summed E-state index contributed by atoms with van der Waals surface area (Å²) >= 11 is 0. The molecular formula is C16H25N7O2. The van der Waals surface area contributed by atoms with Crippen molar-refractivity contribution in [2.24, 2.45) is 5.73 Å². The Balaban J connectivity index is 1.48. The first kappa shape index (κ1) is 17.6. The SMILES string of the molecule is NCCN1CCN(C(=O)C(=O)N2CCN(c3ncccn3)CC2)CC1. The summed E-state index contributed by atoms with van der Waals surface area (Å²) in [4.78, 5) is 40.9. The molecule has 0 saturated carbocycles. The van der Waals surface area contributed by atoms with Gasteiger partial charge in [0.15, 0.2) is 0 Å². The maximum atomic E-state index is 12.5. The Morgan fingerprint density at radius 1 is 0.880 bits per heavy atom. The molecule has 2 fully saturated rings. The van der Waals surface area contributed by atoms with Crippen LogP contribution >= 0.6 is 0 Å². The quantitative estimate of drug-likeness (QED) is 0.646. The van der Waals surface area contributed by atoms with E-state index in [1.54, 1.807) is 28.3 Å². The number of anilines is 1. The van der Waals surface area contributed by atoms with E-state index in [9.17, 15) is 9.59 Å². The average Bonchev–Trinajstić information content (AvgIpc) is 2.68. The number of carbonyl (C=O) groups excluding carboxylic acids is 2. The third kappa shape index (κ3) is 4.23. The molecule has 0 unspecified atom stereocenters. The Morgan fingerprint density at radius 2 is 1.40 bits per heavy atom. The topological polar surface area (TPSA) is 98.9 Å². The molecule has 1 aromatic heterocycles. The van der Waals surface area contributed by atoms with Crippen LogP contribution in [0.1, 0.15) is 0 Å². The maximum Gasteiger partial charge on any atom is 0.312 e. The van der Waals surface area contributed by atoms with Gasteiger partial charge in [-0.3, -0.25) is 14.5 Å². The normalized spacial score (nSPS) is 19.2. The number of aromatic nitrogens is 2. The van der Waals surface area contributed by atoms with E-state index in [-0.39, 0.29) is 0 Å². The van der Waals surface area contributed by atoms with Crippen LogP contribution in [0.2, 0.25) is 0 Å². The average molecular weight is 347 g/mol. The first-order valence-corrected chi connectivity index (χ1v) is 8.71. The molecule has 2 saturated heterocycles. The van der Waals surface area contributed by atoms with Gasteiger partial charge < -0.3 is 20.4 Å². The molecule has 0 aromatic carbocycles. The first-order valence-electron chi connectivity index (χ1n) is 8.71. The van der Waals surface area contributed by atoms with Crippen molar-refractivity contribution in [2.45, 2.75) is 0 Å². The number of nitrogens with two attached hydrogens (primary N) is 1. The maximum absolute atomic E-state index is 12.5. The minimum absolute atomic E-state index is 0.392. The second kappa shape index (κ2) is 8.21. The molecule has 9 nitrogen and oxygen atoms in total. The van der Waals surface area contributed by atoms with Crippen LogP contribution < -0.4 is 10.6 Å². The zero-order chi connectivity index (χ0) is 17.6. The summed E-state index contributed by atoms with van der Waals surface area (Å²) in [6, 6.07) is 1.77. The van der Waals surface area contributed by atoms with E-state index in [0.29, 0.717) is 51.8 Å². The zero-order valence-corrected chi connectivity index (χ0v) is 14.4. The highest BCUT2D eigenvalue weighted by Gasteiger charge is 2.31. The van der Waals surface area contributed by atoms with Gasteiger partial charge in [0, 0.05) is 77.8 Å². The predicted molar refractivity (Wildman–Crippen MR) is 92.9 cm³/mol. The molecule has 0 spiro atoms. The van der Waals surface area contributed by atoms with Gasteiger partial charge >= 0.3 is 11.8 Å². The summed E-state index contributed by atoms with van der Waals surface area (Å²) < 4.78 is 0. The van der Waals surface area contributed by atoms with Crippen LogP contribution in [0.15, 0.2) is 18.5 Å². The Labute approximate surface area is 147 Å². The molecule has 2 aliphatic heterocycles. The molecule has 136 valence electrons. The summed E-state index contributed by atoms with van der Waals surface area (Å²) in [6.45, 7) is 6.45. The second-order valence-corrected chi connectivity index (χ2v) is 6.25. The van der Waals surface area contributed by atoms with Crippen LogP contribution in [0.4, 0.5) is 5.95 Å². The molecule has 2 amide bonds. The number of hydrogen-bond acceptors (Lipinski definition) is 7. The van der Waals surface area contributed by atoms with E-state index in [0.717, 1.165) is 19.6 Å². The Bertz CT molecular complexity index is 581. The van der Waals surface area contributed by atoms with Gasteiger partial charge in [0.05, 0.1) is 0 Å². The highest BCUT2D eigenvalue weighted by molar-refractivity contribution is 6.34. The van der Waals surface area contributed by atoms with Gasteiger partial charge in [0.25, 0.3) is 0 Å². The van der Waals surface area contributed by atoms with E-state index in [2.05, 4.69) is 14.9 Å². The van der Waals surface area contributed by atoms with Crippen molar-refractivity contribution in [3.63, 3.8) is 0 Å². The molecule has 0 aliphatic carbocycles. The molecule has 0 bridgehead atoms. The van der Waals surface area contributed by atoms with Gasteiger partial charge in [-0.05, 0) is 6.07 Å². The summed E-state index contributed by atoms with van der Waals surface area (Å²) in [6.07, 6.45) is 3.40. The van der Waals surface area contributed by atoms with Gasteiger partial charge in [-0.25, -0.2) is 9.97 Å². The minimum atomic E-state index is -0.402. The molecule has 3 rings (SSSR count). The third-order valence-corrected chi connectivity index (χ3v) is 4.69. The van der Waals surface area contributed by atoms with Crippen molar-refractivity contribution in [1.82, 2.24) is 24.7 Å². The van der Waals surface area contributed by atoms with Gasteiger partial charge in [-0.1, -0.05) is 0 Å². The van der Waals surface area contributed by atoms with Crippen LogP contribution in [-0.4, -0.2) is 102 Å². The highest BCUT2D eigenvalue weighted by Crippen LogP contribution is 2.11. The number of piperazine rings is 2. The standard InChI is InChI=1S/C16H25N7O2/c17-2-5-20-6-8-21(9-7-20)14(24)15(25)22-10-12-23(13-11-22)16-18-3-1-4-19-16/h1,3-4H,2,5-13,17H2. The van der Waals surface area contributed by atoms with Gasteiger partial charge in [-0.15, -0.1) is 0 Å². The summed E-state index contributed by atoms with van der Waals surface area (Å²) in [5, 5.41) is 0. The first-order chi connectivity index (χ1) is 12.2. The minimum Gasteiger partial charge on any atom is -0.337 e. The number of carbonyl (C=O) groups is 2. The number of amides is 2. The van der Waals surface area contributed by atoms with E-state index < -0.39 is 11.8 Å². The fourth-order valence-corrected chi connectivity index (χ4v) is 3.19. The van der Waals surface area contributed by atoms with E-state index in [4.69, 9.17) is 5.73 Å². The van der Waals surface area contributed by atoms with E-state index >= 15 is 0 Å². The lowest BCUT2D eigenvalue weighted by Gasteiger charge is -2.37. The fraction of sp³-hybridized carbons (Fsp3) is 0.625. The Morgan fingerprint density at radius 3 is 1.92 bits per heavy atom. The lowest BCUT2D eigenvalue weighted by Crippen LogP contribution is -2.56. The Hall–Kier alpha value is -2.26. The van der Waals surface area contributed by atoms with Crippen LogP contribution in [0.5, 0.6) is 0 Å². The predicted octanol–water partition coefficient (Wildman–Crippen LogP) is -1.77. The second-order valence-electron chi connectivity index (χ2n) is 6.25. The van der Waals surface area contributed by atoms with Crippen molar-refractivity contribution < 1.29 is 9.59 Å². The number of nitrogens with zero attached hydrogens (tertiary/aromatic N) is 6. The van der Waals surface area contributed by atoms with Crippen LogP contribution in [0.3, 0.4) is 0 Å². The van der Waals surface area contributed by atoms with Crippen LogP contribution in [0, 0.1) is 0 Å². The van der Waals surface area contributed by atoms with Crippen molar-refractivity contribution in [3.8, 4) is 0 Å². The Kier molecular flexibility index (Phi) is 5.77. The summed E-state index contributed by atoms with van der Waals surface area (Å²) in [5.41, 5.74) is 5.56. The van der Waals surface area contributed by atoms with Crippen molar-refractivity contribution in [1.29, 1.82) is 0 Å². The molecule has 2 aliphatic rings. The number of rotatable bonds is 3. The van der Waals surface area contributed by atoms with Crippen LogP contribution in [0.25, 0.3) is 0 Å². The van der Waals surface area contributed by atoms with E-state index in [1.165, 1.54) is 0 Å². The molecule has 2 N–H and O–H groups in total. The van der Waals surface area contributed by atoms with Gasteiger partial charge in [-0.2, -0.15) is 0 Å². The summed E-state index contributed by atoms with van der Waals surface area (Å²) in [5.74, 6) is -0.130. The van der Waals surface area contributed by atoms with Crippen molar-refractivity contribution in [2.75, 3.05) is 70.3 Å². The molecule has 9 heteroatoms. The third-order valence-electron chi connectivity index (χ3n) is 4.69. The molecule has 1 aromatic rings. The van der Waals surface area contributed by atoms with Gasteiger partial charge in [0.1, 0.15) is 0 Å². The largest absolute Gasteiger partial charge is 0.337 e. The van der Waals surface area contributed by atoms with E-state index in [1.807, 2.05) is 4.90 Å². The smallest absolute Gasteiger partial charge is 0.312 e. The highest BCUT2D eigenvalue weighted by atomic mass is 16.2. The molecular weight excluding hydrogens is 322 g/mol. The lowest BCUT2D eigenvalue weighted by molar-refractivity contribution is -0.153. The zero-order valence-electron chi connectivity index (χ0n) is 14.4. The molecule has 25 heavy (non-hydrogen) atoms. The molecule has 3 heterocycles. The van der Waals surface area contributed by atoms with Crippen LogP contribution in [-0.2, 0) is 9.59 Å².